The zero-order valence-electron chi connectivity index (χ0n) is 15.0. The number of aromatic hydroxyl groups is 1. The van der Waals surface area contributed by atoms with Gasteiger partial charge in [-0.05, 0) is 36.8 Å². The Balaban J connectivity index is 1.88. The van der Waals surface area contributed by atoms with E-state index in [0.717, 1.165) is 5.56 Å². The normalized spacial score (nSPS) is 10.1. The van der Waals surface area contributed by atoms with Crippen molar-refractivity contribution in [3.63, 3.8) is 0 Å². The number of amides is 2. The van der Waals surface area contributed by atoms with E-state index in [9.17, 15) is 14.7 Å². The molecule has 26 heavy (non-hydrogen) atoms. The molecular weight excluding hydrogens is 336 g/mol. The van der Waals surface area contributed by atoms with E-state index >= 15 is 0 Å². The lowest BCUT2D eigenvalue weighted by Gasteiger charge is -2.12. The van der Waals surface area contributed by atoms with Crippen molar-refractivity contribution < 1.29 is 24.2 Å². The fourth-order valence-corrected chi connectivity index (χ4v) is 2.33. The highest BCUT2D eigenvalue weighted by Gasteiger charge is 2.12. The lowest BCUT2D eigenvalue weighted by molar-refractivity contribution is -0.116. The summed E-state index contributed by atoms with van der Waals surface area (Å²) in [7, 11) is 3.04. The molecule has 0 saturated heterocycles. The highest BCUT2D eigenvalue weighted by atomic mass is 16.5. The Labute approximate surface area is 151 Å². The number of hydrogen-bond donors (Lipinski definition) is 3. The lowest BCUT2D eigenvalue weighted by atomic mass is 10.1. The number of carbonyl (C=O) groups excluding carboxylic acids is 2. The average molecular weight is 358 g/mol. The number of methoxy groups -OCH3 is 2. The minimum atomic E-state index is -0.433. The zero-order valence-corrected chi connectivity index (χ0v) is 15.0. The third-order valence-electron chi connectivity index (χ3n) is 3.72. The third-order valence-corrected chi connectivity index (χ3v) is 3.72. The van der Waals surface area contributed by atoms with Crippen LogP contribution in [-0.4, -0.2) is 37.7 Å². The highest BCUT2D eigenvalue weighted by molar-refractivity contribution is 5.97. The first-order valence-corrected chi connectivity index (χ1v) is 8.04. The number of carbonyl (C=O) groups is 2. The van der Waals surface area contributed by atoms with Crippen LogP contribution < -0.4 is 20.1 Å². The van der Waals surface area contributed by atoms with E-state index in [1.807, 2.05) is 6.92 Å². The minimum absolute atomic E-state index is 0.0769. The maximum Gasteiger partial charge on any atom is 0.255 e. The quantitative estimate of drug-likeness (QED) is 0.706. The van der Waals surface area contributed by atoms with Crippen LogP contribution in [0.2, 0.25) is 0 Å². The number of phenols is 1. The second-order valence-corrected chi connectivity index (χ2v) is 5.64. The van der Waals surface area contributed by atoms with Crippen LogP contribution in [0.5, 0.6) is 17.2 Å². The van der Waals surface area contributed by atoms with Gasteiger partial charge in [0, 0.05) is 19.0 Å². The van der Waals surface area contributed by atoms with Crippen molar-refractivity contribution in [1.29, 1.82) is 0 Å². The molecule has 7 nitrogen and oxygen atoms in total. The SMILES string of the molecule is COc1ccc(NC(=O)CCNC(=O)c2ccc(C)cc2O)c(OC)c1. The molecule has 0 fully saturated rings. The first-order chi connectivity index (χ1) is 12.4. The molecule has 2 aromatic carbocycles. The van der Waals surface area contributed by atoms with Crippen LogP contribution in [0.15, 0.2) is 36.4 Å². The third kappa shape index (κ3) is 4.89. The second kappa shape index (κ2) is 8.75. The molecule has 0 spiro atoms. The predicted octanol–water partition coefficient (Wildman–Crippen LogP) is 2.48. The van der Waals surface area contributed by atoms with E-state index < -0.39 is 5.91 Å². The van der Waals surface area contributed by atoms with E-state index in [1.54, 1.807) is 37.4 Å². The molecule has 138 valence electrons. The largest absolute Gasteiger partial charge is 0.507 e. The lowest BCUT2D eigenvalue weighted by Crippen LogP contribution is -2.27. The fraction of sp³-hybridized carbons (Fsp3) is 0.263. The molecule has 0 bridgehead atoms. The summed E-state index contributed by atoms with van der Waals surface area (Å²) in [4.78, 5) is 24.1. The first-order valence-electron chi connectivity index (χ1n) is 8.04. The maximum absolute atomic E-state index is 12.1. The van der Waals surface area contributed by atoms with E-state index in [1.165, 1.54) is 13.2 Å². The molecular formula is C19H22N2O5. The van der Waals surface area contributed by atoms with Gasteiger partial charge in [0.25, 0.3) is 5.91 Å². The van der Waals surface area contributed by atoms with Gasteiger partial charge in [-0.2, -0.15) is 0 Å². The molecule has 0 aliphatic heterocycles. The van der Waals surface area contributed by atoms with Crippen LogP contribution in [-0.2, 0) is 4.79 Å². The van der Waals surface area contributed by atoms with Gasteiger partial charge in [-0.25, -0.2) is 0 Å². The number of phenolic OH excluding ortho intramolecular Hbond substituents is 1. The van der Waals surface area contributed by atoms with Crippen molar-refractivity contribution in [2.24, 2.45) is 0 Å². The standard InChI is InChI=1S/C19H22N2O5/c1-12-4-6-14(16(22)10-12)19(24)20-9-8-18(23)21-15-7-5-13(25-2)11-17(15)26-3/h4-7,10-11,22H,8-9H2,1-3H3,(H,20,24)(H,21,23). The Kier molecular flexibility index (Phi) is 6.43. The van der Waals surface area contributed by atoms with Crippen molar-refractivity contribution in [3.8, 4) is 17.2 Å². The van der Waals surface area contributed by atoms with Gasteiger partial charge in [0.2, 0.25) is 5.91 Å². The van der Waals surface area contributed by atoms with Crippen LogP contribution in [0.3, 0.4) is 0 Å². The molecule has 0 aliphatic carbocycles. The molecule has 0 saturated carbocycles. The Morgan fingerprint density at radius 2 is 1.85 bits per heavy atom. The summed E-state index contributed by atoms with van der Waals surface area (Å²) in [6.07, 6.45) is 0.0769. The van der Waals surface area contributed by atoms with Gasteiger partial charge in [-0.3, -0.25) is 9.59 Å². The summed E-state index contributed by atoms with van der Waals surface area (Å²) in [5.41, 5.74) is 1.54. The number of hydrogen-bond acceptors (Lipinski definition) is 5. The molecule has 0 heterocycles. The molecule has 0 aromatic heterocycles. The van der Waals surface area contributed by atoms with Gasteiger partial charge in [-0.1, -0.05) is 6.07 Å². The molecule has 2 rings (SSSR count). The van der Waals surface area contributed by atoms with Crippen LogP contribution >= 0.6 is 0 Å². The number of ether oxygens (including phenoxy) is 2. The number of benzene rings is 2. The Morgan fingerprint density at radius 3 is 2.50 bits per heavy atom. The summed E-state index contributed by atoms with van der Waals surface area (Å²) in [5, 5.41) is 15.1. The van der Waals surface area contributed by atoms with Crippen molar-refractivity contribution >= 4 is 17.5 Å². The van der Waals surface area contributed by atoms with E-state index in [2.05, 4.69) is 10.6 Å². The average Bonchev–Trinajstić information content (AvgIpc) is 2.61. The van der Waals surface area contributed by atoms with Gasteiger partial charge >= 0.3 is 0 Å². The topological polar surface area (TPSA) is 96.9 Å². The number of aryl methyl sites for hydroxylation is 1. The minimum Gasteiger partial charge on any atom is -0.507 e. The maximum atomic E-state index is 12.1. The van der Waals surface area contributed by atoms with Gasteiger partial charge in [0.1, 0.15) is 17.2 Å². The van der Waals surface area contributed by atoms with Crippen molar-refractivity contribution in [1.82, 2.24) is 5.32 Å². The van der Waals surface area contributed by atoms with Gasteiger partial charge in [0.05, 0.1) is 25.5 Å². The molecule has 0 unspecified atom stereocenters. The van der Waals surface area contributed by atoms with Crippen LogP contribution in [0, 0.1) is 6.92 Å². The molecule has 7 heteroatoms. The predicted molar refractivity (Wildman–Crippen MR) is 98.0 cm³/mol. The van der Waals surface area contributed by atoms with Crippen molar-refractivity contribution in [3.05, 3.63) is 47.5 Å². The van der Waals surface area contributed by atoms with E-state index in [-0.39, 0.29) is 30.2 Å². The molecule has 0 aliphatic rings. The van der Waals surface area contributed by atoms with Crippen LogP contribution in [0.25, 0.3) is 0 Å². The summed E-state index contributed by atoms with van der Waals surface area (Å²) in [6, 6.07) is 9.84. The Hall–Kier alpha value is -3.22. The Bertz CT molecular complexity index is 805. The summed E-state index contributed by atoms with van der Waals surface area (Å²) in [5.74, 6) is 0.297. The van der Waals surface area contributed by atoms with E-state index in [4.69, 9.17) is 9.47 Å². The summed E-state index contributed by atoms with van der Waals surface area (Å²) >= 11 is 0. The zero-order chi connectivity index (χ0) is 19.1. The van der Waals surface area contributed by atoms with Crippen molar-refractivity contribution in [2.75, 3.05) is 26.1 Å². The van der Waals surface area contributed by atoms with Gasteiger partial charge < -0.3 is 25.2 Å². The molecule has 2 aromatic rings. The fourth-order valence-electron chi connectivity index (χ4n) is 2.33. The summed E-state index contributed by atoms with van der Waals surface area (Å²) in [6.45, 7) is 1.95. The molecule has 3 N–H and O–H groups in total. The van der Waals surface area contributed by atoms with Crippen LogP contribution in [0.4, 0.5) is 5.69 Å². The van der Waals surface area contributed by atoms with Crippen LogP contribution in [0.1, 0.15) is 22.3 Å². The Morgan fingerprint density at radius 1 is 1.08 bits per heavy atom. The van der Waals surface area contributed by atoms with E-state index in [0.29, 0.717) is 17.2 Å². The monoisotopic (exact) mass is 358 g/mol. The van der Waals surface area contributed by atoms with Gasteiger partial charge in [-0.15, -0.1) is 0 Å². The number of anilines is 1. The molecule has 0 radical (unpaired) electrons. The van der Waals surface area contributed by atoms with Crippen molar-refractivity contribution in [2.45, 2.75) is 13.3 Å². The molecule has 0 atom stereocenters. The number of rotatable bonds is 7. The number of nitrogens with one attached hydrogen (secondary N) is 2. The van der Waals surface area contributed by atoms with Gasteiger partial charge in [0.15, 0.2) is 0 Å². The molecule has 2 amide bonds. The highest BCUT2D eigenvalue weighted by Crippen LogP contribution is 2.29. The summed E-state index contributed by atoms with van der Waals surface area (Å²) < 4.78 is 10.3. The second-order valence-electron chi connectivity index (χ2n) is 5.64. The smallest absolute Gasteiger partial charge is 0.255 e. The first kappa shape index (κ1) is 19.1.